The van der Waals surface area contributed by atoms with Crippen LogP contribution in [0.1, 0.15) is 29.5 Å². The number of hydrogen-bond acceptors (Lipinski definition) is 2. The number of amides is 1. The van der Waals surface area contributed by atoms with Gasteiger partial charge in [-0.05, 0) is 56.0 Å². The first kappa shape index (κ1) is 16.1. The molecule has 0 heterocycles. The highest BCUT2D eigenvalue weighted by molar-refractivity contribution is 5.90. The summed E-state index contributed by atoms with van der Waals surface area (Å²) >= 11 is 0. The number of anilines is 1. The van der Waals surface area contributed by atoms with Crippen molar-refractivity contribution in [2.24, 2.45) is 0 Å². The Hall–Kier alpha value is -2.29. The molecule has 0 spiro atoms. The van der Waals surface area contributed by atoms with Gasteiger partial charge < -0.3 is 10.1 Å². The number of carbonyl (C=O) groups is 1. The summed E-state index contributed by atoms with van der Waals surface area (Å²) in [6, 6.07) is 14.0. The fourth-order valence-corrected chi connectivity index (χ4v) is 2.36. The number of aryl methyl sites for hydroxylation is 3. The van der Waals surface area contributed by atoms with Gasteiger partial charge in [-0.1, -0.05) is 29.8 Å². The predicted molar refractivity (Wildman–Crippen MR) is 90.5 cm³/mol. The summed E-state index contributed by atoms with van der Waals surface area (Å²) in [4.78, 5) is 12.0. The lowest BCUT2D eigenvalue weighted by Crippen LogP contribution is -2.11. The maximum Gasteiger partial charge on any atom is 0.224 e. The average molecular weight is 297 g/mol. The molecule has 0 bridgehead atoms. The summed E-state index contributed by atoms with van der Waals surface area (Å²) in [5, 5.41) is 2.92. The Morgan fingerprint density at radius 1 is 1.05 bits per heavy atom. The number of benzene rings is 2. The van der Waals surface area contributed by atoms with E-state index in [9.17, 15) is 4.79 Å². The Bertz CT molecular complexity index is 632. The van der Waals surface area contributed by atoms with Gasteiger partial charge in [-0.3, -0.25) is 4.79 Å². The molecule has 22 heavy (non-hydrogen) atoms. The van der Waals surface area contributed by atoms with Crippen LogP contribution in [0.25, 0.3) is 0 Å². The van der Waals surface area contributed by atoms with Crippen molar-refractivity contribution in [3.63, 3.8) is 0 Å². The molecular weight excluding hydrogens is 274 g/mol. The molecule has 116 valence electrons. The summed E-state index contributed by atoms with van der Waals surface area (Å²) in [6.07, 6.45) is 2.15. The lowest BCUT2D eigenvalue weighted by atomic mass is 10.0. The second kappa shape index (κ2) is 7.64. The van der Waals surface area contributed by atoms with E-state index in [4.69, 9.17) is 4.74 Å². The first-order chi connectivity index (χ1) is 10.6. The van der Waals surface area contributed by atoms with Gasteiger partial charge >= 0.3 is 0 Å². The summed E-state index contributed by atoms with van der Waals surface area (Å²) in [5.74, 6) is 0.953. The molecule has 0 aromatic heterocycles. The van der Waals surface area contributed by atoms with Gasteiger partial charge in [0.1, 0.15) is 5.75 Å². The van der Waals surface area contributed by atoms with Crippen LogP contribution in [0.3, 0.4) is 0 Å². The molecule has 1 amide bonds. The standard InChI is InChI=1S/C19H23NO2/c1-14-8-11-17(12-9-14)20-19(21)6-4-5-16-10-7-15(2)13-18(16)22-3/h7-13H,4-6H2,1-3H3,(H,20,21). The molecule has 0 fully saturated rings. The number of ether oxygens (including phenoxy) is 1. The number of rotatable bonds is 6. The van der Waals surface area contributed by atoms with Gasteiger partial charge in [0.15, 0.2) is 0 Å². The molecule has 3 nitrogen and oxygen atoms in total. The monoisotopic (exact) mass is 297 g/mol. The molecular formula is C19H23NO2. The van der Waals surface area contributed by atoms with Gasteiger partial charge in [-0.15, -0.1) is 0 Å². The second-order valence-corrected chi connectivity index (χ2v) is 5.58. The zero-order valence-electron chi connectivity index (χ0n) is 13.5. The molecule has 2 rings (SSSR count). The number of nitrogens with one attached hydrogen (secondary N) is 1. The van der Waals surface area contributed by atoms with Crippen molar-refractivity contribution >= 4 is 11.6 Å². The predicted octanol–water partition coefficient (Wildman–Crippen LogP) is 4.27. The van der Waals surface area contributed by atoms with Gasteiger partial charge in [0.25, 0.3) is 0 Å². The zero-order chi connectivity index (χ0) is 15.9. The van der Waals surface area contributed by atoms with Crippen LogP contribution in [-0.2, 0) is 11.2 Å². The molecule has 0 unspecified atom stereocenters. The molecule has 2 aromatic rings. The molecule has 2 aromatic carbocycles. The maximum atomic E-state index is 12.0. The largest absolute Gasteiger partial charge is 0.496 e. The Labute approximate surface area is 132 Å². The summed E-state index contributed by atoms with van der Waals surface area (Å²) in [7, 11) is 1.68. The van der Waals surface area contributed by atoms with Gasteiger partial charge in [-0.2, -0.15) is 0 Å². The zero-order valence-corrected chi connectivity index (χ0v) is 13.5. The highest BCUT2D eigenvalue weighted by Crippen LogP contribution is 2.21. The van der Waals surface area contributed by atoms with Crippen LogP contribution < -0.4 is 10.1 Å². The molecule has 0 aliphatic carbocycles. The van der Waals surface area contributed by atoms with Crippen molar-refractivity contribution < 1.29 is 9.53 Å². The van der Waals surface area contributed by atoms with E-state index < -0.39 is 0 Å². The van der Waals surface area contributed by atoms with Crippen molar-refractivity contribution in [1.29, 1.82) is 0 Å². The minimum Gasteiger partial charge on any atom is -0.496 e. The van der Waals surface area contributed by atoms with Crippen LogP contribution in [0.15, 0.2) is 42.5 Å². The Morgan fingerprint density at radius 2 is 1.73 bits per heavy atom. The van der Waals surface area contributed by atoms with Crippen molar-refractivity contribution in [3.05, 3.63) is 59.2 Å². The van der Waals surface area contributed by atoms with Gasteiger partial charge in [0.2, 0.25) is 5.91 Å². The van der Waals surface area contributed by atoms with Gasteiger partial charge in [0, 0.05) is 12.1 Å². The molecule has 0 atom stereocenters. The summed E-state index contributed by atoms with van der Waals surface area (Å²) in [6.45, 7) is 4.07. The summed E-state index contributed by atoms with van der Waals surface area (Å²) in [5.41, 5.74) is 4.36. The van der Waals surface area contributed by atoms with E-state index in [-0.39, 0.29) is 5.91 Å². The fourth-order valence-electron chi connectivity index (χ4n) is 2.36. The molecule has 0 saturated heterocycles. The van der Waals surface area contributed by atoms with E-state index >= 15 is 0 Å². The van der Waals surface area contributed by atoms with Gasteiger partial charge in [0.05, 0.1) is 7.11 Å². The quantitative estimate of drug-likeness (QED) is 0.864. The smallest absolute Gasteiger partial charge is 0.224 e. The van der Waals surface area contributed by atoms with E-state index in [0.29, 0.717) is 6.42 Å². The SMILES string of the molecule is COc1cc(C)ccc1CCCC(=O)Nc1ccc(C)cc1. The van der Waals surface area contributed by atoms with E-state index in [0.717, 1.165) is 29.8 Å². The average Bonchev–Trinajstić information content (AvgIpc) is 2.51. The third-order valence-corrected chi connectivity index (χ3v) is 3.63. The van der Waals surface area contributed by atoms with Crippen molar-refractivity contribution in [2.45, 2.75) is 33.1 Å². The Balaban J connectivity index is 1.83. The molecule has 1 N–H and O–H groups in total. The van der Waals surface area contributed by atoms with Crippen LogP contribution >= 0.6 is 0 Å². The van der Waals surface area contributed by atoms with Crippen molar-refractivity contribution in [2.75, 3.05) is 12.4 Å². The molecule has 0 radical (unpaired) electrons. The van der Waals surface area contributed by atoms with E-state index in [2.05, 4.69) is 17.4 Å². The molecule has 0 aliphatic rings. The van der Waals surface area contributed by atoms with Crippen LogP contribution in [-0.4, -0.2) is 13.0 Å². The van der Waals surface area contributed by atoms with Crippen LogP contribution in [0, 0.1) is 13.8 Å². The van der Waals surface area contributed by atoms with Crippen LogP contribution in [0.4, 0.5) is 5.69 Å². The third-order valence-electron chi connectivity index (χ3n) is 3.63. The first-order valence-electron chi connectivity index (χ1n) is 7.58. The minimum absolute atomic E-state index is 0.0509. The maximum absolute atomic E-state index is 12.0. The van der Waals surface area contributed by atoms with E-state index in [1.807, 2.05) is 44.2 Å². The highest BCUT2D eigenvalue weighted by Gasteiger charge is 2.06. The molecule has 0 saturated carbocycles. The molecule has 3 heteroatoms. The topological polar surface area (TPSA) is 38.3 Å². The number of methoxy groups -OCH3 is 1. The van der Waals surface area contributed by atoms with Crippen molar-refractivity contribution in [1.82, 2.24) is 0 Å². The normalized spacial score (nSPS) is 10.3. The van der Waals surface area contributed by atoms with E-state index in [1.165, 1.54) is 11.1 Å². The Morgan fingerprint density at radius 3 is 2.41 bits per heavy atom. The fraction of sp³-hybridized carbons (Fsp3) is 0.316. The summed E-state index contributed by atoms with van der Waals surface area (Å²) < 4.78 is 5.39. The third kappa shape index (κ3) is 4.62. The van der Waals surface area contributed by atoms with Crippen molar-refractivity contribution in [3.8, 4) is 5.75 Å². The molecule has 0 aliphatic heterocycles. The minimum atomic E-state index is 0.0509. The van der Waals surface area contributed by atoms with Gasteiger partial charge in [-0.25, -0.2) is 0 Å². The number of hydrogen-bond donors (Lipinski definition) is 1. The highest BCUT2D eigenvalue weighted by atomic mass is 16.5. The first-order valence-corrected chi connectivity index (χ1v) is 7.58. The lowest BCUT2D eigenvalue weighted by molar-refractivity contribution is -0.116. The second-order valence-electron chi connectivity index (χ2n) is 5.58. The lowest BCUT2D eigenvalue weighted by Gasteiger charge is -2.09. The Kier molecular flexibility index (Phi) is 5.59. The van der Waals surface area contributed by atoms with Crippen LogP contribution in [0.2, 0.25) is 0 Å². The van der Waals surface area contributed by atoms with E-state index in [1.54, 1.807) is 7.11 Å². The number of carbonyl (C=O) groups excluding carboxylic acids is 1. The van der Waals surface area contributed by atoms with Crippen LogP contribution in [0.5, 0.6) is 5.75 Å².